The predicted octanol–water partition coefficient (Wildman–Crippen LogP) is 4.39. The van der Waals surface area contributed by atoms with Crippen molar-refractivity contribution in [2.24, 2.45) is 0 Å². The standard InChI is InChI=1S/C14H12Br2FNO2S/c1-9(11-4-2-3-5-13(11)17)18-21(19,20)14-7-6-10(15)8-12(14)16/h2-9,18H,1H3. The molecule has 0 spiro atoms. The first-order chi connectivity index (χ1) is 9.81. The zero-order valence-electron chi connectivity index (χ0n) is 11.0. The van der Waals surface area contributed by atoms with Gasteiger partial charge in [-0.3, -0.25) is 0 Å². The van der Waals surface area contributed by atoms with Crippen LogP contribution >= 0.6 is 31.9 Å². The van der Waals surface area contributed by atoms with Crippen molar-refractivity contribution in [3.05, 3.63) is 62.8 Å². The van der Waals surface area contributed by atoms with Gasteiger partial charge >= 0.3 is 0 Å². The van der Waals surface area contributed by atoms with E-state index in [4.69, 9.17) is 0 Å². The van der Waals surface area contributed by atoms with Gasteiger partial charge in [0.25, 0.3) is 0 Å². The molecule has 2 aromatic rings. The maximum Gasteiger partial charge on any atom is 0.242 e. The van der Waals surface area contributed by atoms with Crippen LogP contribution < -0.4 is 4.72 Å². The van der Waals surface area contributed by atoms with Crippen molar-refractivity contribution in [3.63, 3.8) is 0 Å². The molecule has 0 fully saturated rings. The van der Waals surface area contributed by atoms with Crippen LogP contribution in [0.2, 0.25) is 0 Å². The Morgan fingerprint density at radius 3 is 2.43 bits per heavy atom. The van der Waals surface area contributed by atoms with Gasteiger partial charge in [0.15, 0.2) is 0 Å². The van der Waals surface area contributed by atoms with Crippen molar-refractivity contribution in [2.45, 2.75) is 17.9 Å². The lowest BCUT2D eigenvalue weighted by Crippen LogP contribution is -2.27. The lowest BCUT2D eigenvalue weighted by molar-refractivity contribution is 0.549. The van der Waals surface area contributed by atoms with Crippen molar-refractivity contribution in [2.75, 3.05) is 0 Å². The Labute approximate surface area is 139 Å². The van der Waals surface area contributed by atoms with Gasteiger partial charge in [0, 0.05) is 20.6 Å². The smallest absolute Gasteiger partial charge is 0.207 e. The Hall–Kier alpha value is -0.760. The van der Waals surface area contributed by atoms with Crippen molar-refractivity contribution in [1.29, 1.82) is 0 Å². The molecule has 0 bridgehead atoms. The first-order valence-electron chi connectivity index (χ1n) is 6.03. The Balaban J connectivity index is 2.31. The summed E-state index contributed by atoms with van der Waals surface area (Å²) in [6.07, 6.45) is 0. The summed E-state index contributed by atoms with van der Waals surface area (Å²) in [6.45, 7) is 1.60. The number of hydrogen-bond acceptors (Lipinski definition) is 2. The van der Waals surface area contributed by atoms with Gasteiger partial charge in [0.05, 0.1) is 4.90 Å². The molecule has 1 N–H and O–H groups in total. The first kappa shape index (κ1) is 16.6. The van der Waals surface area contributed by atoms with Crippen LogP contribution in [0.25, 0.3) is 0 Å². The van der Waals surface area contributed by atoms with Crippen molar-refractivity contribution in [1.82, 2.24) is 4.72 Å². The average Bonchev–Trinajstić information content (AvgIpc) is 2.37. The molecule has 1 unspecified atom stereocenters. The molecule has 3 nitrogen and oxygen atoms in total. The lowest BCUT2D eigenvalue weighted by Gasteiger charge is -2.16. The van der Waals surface area contributed by atoms with Crippen LogP contribution in [0.3, 0.4) is 0 Å². The molecule has 0 radical (unpaired) electrons. The van der Waals surface area contributed by atoms with Crippen molar-refractivity contribution >= 4 is 41.9 Å². The van der Waals surface area contributed by atoms with Gasteiger partial charge in [-0.05, 0) is 47.1 Å². The van der Waals surface area contributed by atoms with Gasteiger partial charge in [0.2, 0.25) is 10.0 Å². The van der Waals surface area contributed by atoms with Crippen molar-refractivity contribution < 1.29 is 12.8 Å². The summed E-state index contributed by atoms with van der Waals surface area (Å²) in [5.41, 5.74) is 0.300. The second-order valence-corrected chi connectivity index (χ2v) is 7.89. The molecule has 1 atom stereocenters. The minimum atomic E-state index is -3.76. The molecule has 112 valence electrons. The minimum Gasteiger partial charge on any atom is -0.207 e. The third-order valence-corrected chi connectivity index (χ3v) is 5.90. The molecule has 0 aliphatic carbocycles. The van der Waals surface area contributed by atoms with Gasteiger partial charge < -0.3 is 0 Å². The highest BCUT2D eigenvalue weighted by Gasteiger charge is 2.22. The number of hydrogen-bond donors (Lipinski definition) is 1. The van der Waals surface area contributed by atoms with Crippen LogP contribution in [0, 0.1) is 5.82 Å². The molecule has 0 heterocycles. The highest BCUT2D eigenvalue weighted by molar-refractivity contribution is 9.11. The molecule has 21 heavy (non-hydrogen) atoms. The van der Waals surface area contributed by atoms with Crippen LogP contribution in [0.15, 0.2) is 56.3 Å². The summed E-state index contributed by atoms with van der Waals surface area (Å²) < 4.78 is 42.1. The number of halogens is 3. The summed E-state index contributed by atoms with van der Waals surface area (Å²) in [4.78, 5) is 0.105. The van der Waals surface area contributed by atoms with E-state index in [2.05, 4.69) is 36.6 Å². The lowest BCUT2D eigenvalue weighted by atomic mass is 10.1. The molecule has 7 heteroatoms. The zero-order chi connectivity index (χ0) is 15.6. The number of rotatable bonds is 4. The van der Waals surface area contributed by atoms with Crippen molar-refractivity contribution in [3.8, 4) is 0 Å². The van der Waals surface area contributed by atoms with E-state index in [9.17, 15) is 12.8 Å². The molecule has 2 aromatic carbocycles. The van der Waals surface area contributed by atoms with E-state index < -0.39 is 21.9 Å². The quantitative estimate of drug-likeness (QED) is 0.772. The zero-order valence-corrected chi connectivity index (χ0v) is 15.0. The highest BCUT2D eigenvalue weighted by atomic mass is 79.9. The van der Waals surface area contributed by atoms with Crippen LogP contribution in [-0.2, 0) is 10.0 Å². The van der Waals surface area contributed by atoms with Gasteiger partial charge in [-0.15, -0.1) is 0 Å². The van der Waals surface area contributed by atoms with Crippen LogP contribution in [-0.4, -0.2) is 8.42 Å². The fourth-order valence-corrected chi connectivity index (χ4v) is 4.85. The summed E-state index contributed by atoms with van der Waals surface area (Å²) in [6, 6.07) is 10.2. The van der Waals surface area contributed by atoms with E-state index in [1.807, 2.05) is 0 Å². The highest BCUT2D eigenvalue weighted by Crippen LogP contribution is 2.27. The van der Waals surface area contributed by atoms with Crippen LogP contribution in [0.1, 0.15) is 18.5 Å². The average molecular weight is 437 g/mol. The van der Waals surface area contributed by atoms with E-state index in [0.717, 1.165) is 4.47 Å². The summed E-state index contributed by atoms with van der Waals surface area (Å²) in [5.74, 6) is -0.442. The van der Waals surface area contributed by atoms with E-state index >= 15 is 0 Å². The van der Waals surface area contributed by atoms with Crippen LogP contribution in [0.4, 0.5) is 4.39 Å². The molecule has 0 aliphatic heterocycles. The molecule has 0 saturated carbocycles. The normalized spacial score (nSPS) is 13.1. The molecule has 0 saturated heterocycles. The Kier molecular flexibility index (Phi) is 5.19. The topological polar surface area (TPSA) is 46.2 Å². The van der Waals surface area contributed by atoms with E-state index in [-0.39, 0.29) is 4.90 Å². The maximum atomic E-state index is 13.7. The molecule has 2 rings (SSSR count). The molecule has 0 aromatic heterocycles. The Morgan fingerprint density at radius 1 is 1.14 bits per heavy atom. The van der Waals surface area contributed by atoms with Gasteiger partial charge in [0.1, 0.15) is 5.82 Å². The van der Waals surface area contributed by atoms with E-state index in [1.165, 1.54) is 12.1 Å². The molecule has 0 aliphatic rings. The SMILES string of the molecule is CC(NS(=O)(=O)c1ccc(Br)cc1Br)c1ccccc1F. The number of nitrogens with one attached hydrogen (secondary N) is 1. The summed E-state index contributed by atoms with van der Waals surface area (Å²) >= 11 is 6.49. The van der Waals surface area contributed by atoms with Gasteiger partial charge in [-0.25, -0.2) is 17.5 Å². The molecular weight excluding hydrogens is 425 g/mol. The fourth-order valence-electron chi connectivity index (χ4n) is 1.88. The molecule has 0 amide bonds. The third-order valence-electron chi connectivity index (χ3n) is 2.89. The second-order valence-electron chi connectivity index (χ2n) is 4.44. The minimum absolute atomic E-state index is 0.105. The Morgan fingerprint density at radius 2 is 1.81 bits per heavy atom. The van der Waals surface area contributed by atoms with E-state index in [0.29, 0.717) is 10.0 Å². The van der Waals surface area contributed by atoms with Crippen LogP contribution in [0.5, 0.6) is 0 Å². The summed E-state index contributed by atoms with van der Waals surface area (Å²) in [5, 5.41) is 0. The first-order valence-corrected chi connectivity index (χ1v) is 9.10. The number of sulfonamides is 1. The number of benzene rings is 2. The van der Waals surface area contributed by atoms with E-state index in [1.54, 1.807) is 37.3 Å². The van der Waals surface area contributed by atoms with Gasteiger partial charge in [-0.1, -0.05) is 34.1 Å². The monoisotopic (exact) mass is 435 g/mol. The second kappa shape index (κ2) is 6.56. The van der Waals surface area contributed by atoms with Gasteiger partial charge in [-0.2, -0.15) is 0 Å². The maximum absolute atomic E-state index is 13.7. The fraction of sp³-hybridized carbons (Fsp3) is 0.143. The predicted molar refractivity (Wildman–Crippen MR) is 87.0 cm³/mol. The third kappa shape index (κ3) is 3.91. The summed E-state index contributed by atoms with van der Waals surface area (Å²) in [7, 11) is -3.76. The Bertz CT molecular complexity index is 765. The largest absolute Gasteiger partial charge is 0.242 e. The molecular formula is C14H12Br2FNO2S.